The van der Waals surface area contributed by atoms with Crippen LogP contribution in [0.25, 0.3) is 0 Å². The Balaban J connectivity index is 1.30. The molecule has 0 N–H and O–H groups in total. The number of nitrogens with zero attached hydrogens (tertiary/aromatic N) is 1. The number of rotatable bonds is 5. The fourth-order valence-electron chi connectivity index (χ4n) is 3.75. The van der Waals surface area contributed by atoms with Gasteiger partial charge in [-0.2, -0.15) is 0 Å². The van der Waals surface area contributed by atoms with Gasteiger partial charge in [0.05, 0.1) is 11.2 Å². The molecular formula is C21H32BNO3. The predicted octanol–water partition coefficient (Wildman–Crippen LogP) is 3.24. The smallest absolute Gasteiger partial charge is 0.490 e. The van der Waals surface area contributed by atoms with E-state index in [4.69, 9.17) is 14.0 Å². The Morgan fingerprint density at radius 1 is 0.962 bits per heavy atom. The average Bonchev–Trinajstić information content (AvgIpc) is 3.36. The molecule has 2 aliphatic heterocycles. The summed E-state index contributed by atoms with van der Waals surface area (Å²) in [6, 6.07) is 8.24. The standard InChI is InChI=1S/C21H32BNO3/c1-20(2)21(3,4)26-22(25-20)17-7-9-18(10-8-17)24-19-11-13-23(14-12-19)15-16-5-6-16/h7-10,16,19H,5-6,11-15H2,1-4H3. The third-order valence-electron chi connectivity index (χ3n) is 6.46. The molecule has 4 nitrogen and oxygen atoms in total. The Morgan fingerprint density at radius 2 is 1.54 bits per heavy atom. The van der Waals surface area contributed by atoms with Gasteiger partial charge in [0, 0.05) is 19.6 Å². The number of hydrogen-bond acceptors (Lipinski definition) is 4. The maximum Gasteiger partial charge on any atom is 0.494 e. The van der Waals surface area contributed by atoms with E-state index in [9.17, 15) is 0 Å². The highest BCUT2D eigenvalue weighted by Gasteiger charge is 2.51. The van der Waals surface area contributed by atoms with Gasteiger partial charge < -0.3 is 18.9 Å². The third-order valence-corrected chi connectivity index (χ3v) is 6.46. The molecule has 142 valence electrons. The van der Waals surface area contributed by atoms with Crippen molar-refractivity contribution in [3.63, 3.8) is 0 Å². The minimum Gasteiger partial charge on any atom is -0.490 e. The van der Waals surface area contributed by atoms with Crippen molar-refractivity contribution in [3.05, 3.63) is 24.3 Å². The predicted molar refractivity (Wildman–Crippen MR) is 105 cm³/mol. The van der Waals surface area contributed by atoms with Gasteiger partial charge in [0.1, 0.15) is 11.9 Å². The largest absolute Gasteiger partial charge is 0.494 e. The van der Waals surface area contributed by atoms with Crippen molar-refractivity contribution in [1.82, 2.24) is 4.90 Å². The quantitative estimate of drug-likeness (QED) is 0.757. The number of piperidine rings is 1. The summed E-state index contributed by atoms with van der Waals surface area (Å²) < 4.78 is 18.5. The average molecular weight is 357 g/mol. The van der Waals surface area contributed by atoms with Crippen molar-refractivity contribution in [1.29, 1.82) is 0 Å². The summed E-state index contributed by atoms with van der Waals surface area (Å²) in [7, 11) is -0.306. The van der Waals surface area contributed by atoms with Crippen molar-refractivity contribution in [2.45, 2.75) is 70.7 Å². The summed E-state index contributed by atoms with van der Waals surface area (Å²) >= 11 is 0. The zero-order valence-electron chi connectivity index (χ0n) is 16.7. The Morgan fingerprint density at radius 3 is 2.08 bits per heavy atom. The van der Waals surface area contributed by atoms with Crippen molar-refractivity contribution in [3.8, 4) is 5.75 Å². The molecular weight excluding hydrogens is 325 g/mol. The summed E-state index contributed by atoms with van der Waals surface area (Å²) in [6.45, 7) is 12.0. The first kappa shape index (κ1) is 18.3. The summed E-state index contributed by atoms with van der Waals surface area (Å²) in [5.74, 6) is 1.93. The second kappa shape index (κ2) is 6.85. The molecule has 4 rings (SSSR count). The van der Waals surface area contributed by atoms with Crippen LogP contribution in [0.5, 0.6) is 5.75 Å². The molecule has 3 fully saturated rings. The molecule has 0 bridgehead atoms. The topological polar surface area (TPSA) is 30.9 Å². The van der Waals surface area contributed by atoms with Crippen LogP contribution in [0.15, 0.2) is 24.3 Å². The molecule has 2 saturated heterocycles. The van der Waals surface area contributed by atoms with E-state index in [1.165, 1.54) is 32.5 Å². The van der Waals surface area contributed by atoms with E-state index in [1.807, 2.05) is 0 Å². The number of benzene rings is 1. The highest BCUT2D eigenvalue weighted by molar-refractivity contribution is 6.62. The van der Waals surface area contributed by atoms with Gasteiger partial charge in [-0.15, -0.1) is 0 Å². The molecule has 0 atom stereocenters. The lowest BCUT2D eigenvalue weighted by atomic mass is 9.79. The van der Waals surface area contributed by atoms with Gasteiger partial charge in [-0.25, -0.2) is 0 Å². The number of likely N-dealkylation sites (tertiary alicyclic amines) is 1. The zero-order valence-corrected chi connectivity index (χ0v) is 16.7. The summed E-state index contributed by atoms with van der Waals surface area (Å²) in [5, 5.41) is 0. The Bertz CT molecular complexity index is 603. The minimum absolute atomic E-state index is 0.304. The molecule has 0 amide bonds. The van der Waals surface area contributed by atoms with Crippen molar-refractivity contribution in [2.75, 3.05) is 19.6 Å². The molecule has 1 saturated carbocycles. The molecule has 1 aliphatic carbocycles. The van der Waals surface area contributed by atoms with Crippen LogP contribution < -0.4 is 10.2 Å². The Hall–Kier alpha value is -1.04. The van der Waals surface area contributed by atoms with E-state index < -0.39 is 0 Å². The van der Waals surface area contributed by atoms with Crippen LogP contribution >= 0.6 is 0 Å². The first-order valence-corrected chi connectivity index (χ1v) is 10.2. The monoisotopic (exact) mass is 357 g/mol. The maximum atomic E-state index is 6.22. The number of ether oxygens (including phenoxy) is 1. The summed E-state index contributed by atoms with van der Waals surface area (Å²) in [5.41, 5.74) is 0.443. The van der Waals surface area contributed by atoms with Crippen LogP contribution in [-0.4, -0.2) is 49.0 Å². The molecule has 1 aromatic rings. The van der Waals surface area contributed by atoms with Crippen LogP contribution in [0.3, 0.4) is 0 Å². The molecule has 1 aromatic carbocycles. The van der Waals surface area contributed by atoms with Gasteiger partial charge >= 0.3 is 7.12 Å². The minimum atomic E-state index is -0.306. The lowest BCUT2D eigenvalue weighted by molar-refractivity contribution is 0.00578. The van der Waals surface area contributed by atoms with E-state index in [0.29, 0.717) is 6.10 Å². The normalized spacial score (nSPS) is 26.2. The molecule has 0 aromatic heterocycles. The van der Waals surface area contributed by atoms with E-state index in [1.54, 1.807) is 0 Å². The van der Waals surface area contributed by atoms with Gasteiger partial charge in [0.15, 0.2) is 0 Å². The van der Waals surface area contributed by atoms with Crippen LogP contribution in [0.4, 0.5) is 0 Å². The maximum absolute atomic E-state index is 6.22. The van der Waals surface area contributed by atoms with Crippen molar-refractivity contribution < 1.29 is 14.0 Å². The lowest BCUT2D eigenvalue weighted by Crippen LogP contribution is -2.41. The first-order valence-electron chi connectivity index (χ1n) is 10.2. The molecule has 3 aliphatic rings. The Labute approximate surface area is 158 Å². The summed E-state index contributed by atoms with van der Waals surface area (Å²) in [6.07, 6.45) is 5.47. The first-order chi connectivity index (χ1) is 12.3. The molecule has 2 heterocycles. The molecule has 0 unspecified atom stereocenters. The second-order valence-corrected chi connectivity index (χ2v) is 9.22. The fourth-order valence-corrected chi connectivity index (χ4v) is 3.75. The van der Waals surface area contributed by atoms with Gasteiger partial charge in [-0.05, 0) is 76.9 Å². The van der Waals surface area contributed by atoms with Crippen LogP contribution in [0, 0.1) is 5.92 Å². The fraction of sp³-hybridized carbons (Fsp3) is 0.714. The van der Waals surface area contributed by atoms with Crippen LogP contribution in [0.2, 0.25) is 0 Å². The van der Waals surface area contributed by atoms with Gasteiger partial charge in [-0.3, -0.25) is 0 Å². The van der Waals surface area contributed by atoms with Gasteiger partial charge in [0.2, 0.25) is 0 Å². The number of hydrogen-bond donors (Lipinski definition) is 0. The second-order valence-electron chi connectivity index (χ2n) is 9.22. The van der Waals surface area contributed by atoms with E-state index in [2.05, 4.69) is 56.9 Å². The highest BCUT2D eigenvalue weighted by Crippen LogP contribution is 2.36. The lowest BCUT2D eigenvalue weighted by Gasteiger charge is -2.32. The molecule has 5 heteroatoms. The third kappa shape index (κ3) is 3.95. The van der Waals surface area contributed by atoms with Crippen molar-refractivity contribution >= 4 is 12.6 Å². The van der Waals surface area contributed by atoms with E-state index in [-0.39, 0.29) is 18.3 Å². The SMILES string of the molecule is CC1(C)OB(c2ccc(OC3CCN(CC4CC4)CC3)cc2)OC1(C)C. The molecule has 0 spiro atoms. The van der Waals surface area contributed by atoms with E-state index >= 15 is 0 Å². The van der Waals surface area contributed by atoms with Crippen LogP contribution in [0.1, 0.15) is 53.4 Å². The van der Waals surface area contributed by atoms with Crippen molar-refractivity contribution in [2.24, 2.45) is 5.92 Å². The Kier molecular flexibility index (Phi) is 4.83. The van der Waals surface area contributed by atoms with Crippen LogP contribution in [-0.2, 0) is 9.31 Å². The highest BCUT2D eigenvalue weighted by atomic mass is 16.7. The summed E-state index contributed by atoms with van der Waals surface area (Å²) in [4.78, 5) is 2.61. The zero-order chi connectivity index (χ0) is 18.4. The molecule has 26 heavy (non-hydrogen) atoms. The van der Waals surface area contributed by atoms with Gasteiger partial charge in [-0.1, -0.05) is 12.1 Å². The van der Waals surface area contributed by atoms with Gasteiger partial charge in [0.25, 0.3) is 0 Å². The molecule has 0 radical (unpaired) electrons. The van der Waals surface area contributed by atoms with E-state index in [0.717, 1.165) is 30.0 Å².